The number of carbonyl (C=O) groups is 1. The summed E-state index contributed by atoms with van der Waals surface area (Å²) in [7, 11) is 1.27. The third-order valence-electron chi connectivity index (χ3n) is 8.04. The van der Waals surface area contributed by atoms with Gasteiger partial charge < -0.3 is 40.3 Å². The molecule has 0 fully saturated rings. The summed E-state index contributed by atoms with van der Waals surface area (Å²) < 4.78 is 5.17. The minimum atomic E-state index is -0.637. The summed E-state index contributed by atoms with van der Waals surface area (Å²) in [6.07, 6.45) is 4.24. The molecule has 12 heteroatoms. The van der Waals surface area contributed by atoms with Crippen molar-refractivity contribution in [1.82, 2.24) is 0 Å². The second-order valence-electron chi connectivity index (χ2n) is 11.5. The number of aromatic hydroxyl groups is 6. The van der Waals surface area contributed by atoms with Gasteiger partial charge in [-0.15, -0.1) is 0 Å². The minimum Gasteiger partial charge on any atom is -0.504 e. The number of anilines is 3. The monoisotopic (exact) mass is 708 g/mol. The highest BCUT2D eigenvalue weighted by Gasteiger charge is 2.21. The van der Waals surface area contributed by atoms with Gasteiger partial charge in [0.15, 0.2) is 34.5 Å². The van der Waals surface area contributed by atoms with Gasteiger partial charge in [0.1, 0.15) is 0 Å². The molecule has 6 aromatic rings. The number of phenols is 6. The van der Waals surface area contributed by atoms with Crippen LogP contribution in [0.4, 0.5) is 34.1 Å². The lowest BCUT2D eigenvalue weighted by molar-refractivity contribution is 0.0601. The molecule has 0 saturated heterocycles. The number of aliphatic imine (C=N–C) groups is 3. The molecule has 0 atom stereocenters. The molecule has 0 amide bonds. The van der Waals surface area contributed by atoms with Crippen LogP contribution < -0.4 is 4.90 Å². The Morgan fingerprint density at radius 3 is 1.30 bits per heavy atom. The number of phenolic OH excluding ortho intramolecular Hbond substituents is 6. The number of carbonyl (C=O) groups excluding carboxylic acids is 1. The number of rotatable bonds is 10. The fraction of sp³-hybridized carbons (Fsp3) is 0.0244. The van der Waals surface area contributed by atoms with E-state index in [2.05, 4.69) is 15.0 Å². The Morgan fingerprint density at radius 2 is 0.906 bits per heavy atom. The second kappa shape index (κ2) is 15.5. The first-order chi connectivity index (χ1) is 25.6. The van der Waals surface area contributed by atoms with Crippen molar-refractivity contribution in [3.63, 3.8) is 0 Å². The second-order valence-corrected chi connectivity index (χ2v) is 11.5. The van der Waals surface area contributed by atoms with Crippen molar-refractivity contribution in [2.24, 2.45) is 15.0 Å². The van der Waals surface area contributed by atoms with Crippen molar-refractivity contribution in [2.75, 3.05) is 12.0 Å². The number of benzene rings is 6. The Morgan fingerprint density at radius 1 is 0.528 bits per heavy atom. The van der Waals surface area contributed by atoms with Gasteiger partial charge in [0.2, 0.25) is 0 Å². The van der Waals surface area contributed by atoms with Crippen molar-refractivity contribution in [2.45, 2.75) is 0 Å². The molecule has 0 saturated carbocycles. The van der Waals surface area contributed by atoms with E-state index < -0.39 is 5.97 Å². The van der Waals surface area contributed by atoms with Gasteiger partial charge in [-0.1, -0.05) is 18.2 Å². The summed E-state index contributed by atoms with van der Waals surface area (Å²) >= 11 is 0. The van der Waals surface area contributed by atoms with E-state index in [4.69, 9.17) is 4.74 Å². The molecule has 0 aliphatic heterocycles. The van der Waals surface area contributed by atoms with Gasteiger partial charge in [0, 0.05) is 46.7 Å². The topological polar surface area (TPSA) is 188 Å². The number of ether oxygens (including phenoxy) is 1. The van der Waals surface area contributed by atoms with Gasteiger partial charge in [0.05, 0.1) is 35.4 Å². The van der Waals surface area contributed by atoms with Crippen LogP contribution in [0.2, 0.25) is 0 Å². The van der Waals surface area contributed by atoms with E-state index in [-0.39, 0.29) is 45.6 Å². The molecule has 6 N–H and O–H groups in total. The SMILES string of the molecule is COC(=O)c1cc(N=Cc2cccc(O)c2O)ccc1N(c1ccc(N=Cc2cccc(O)c2O)cc1)c1ccc(N=Cc2cccc(O)c2O)cc1. The summed E-state index contributed by atoms with van der Waals surface area (Å²) in [5, 5.41) is 60.1. The molecule has 53 heavy (non-hydrogen) atoms. The maximum Gasteiger partial charge on any atom is 0.340 e. The summed E-state index contributed by atoms with van der Waals surface area (Å²) in [5.74, 6) is -2.35. The summed E-state index contributed by atoms with van der Waals surface area (Å²) in [6, 6.07) is 32.8. The van der Waals surface area contributed by atoms with E-state index in [1.165, 1.54) is 44.0 Å². The number of nitrogens with zero attached hydrogens (tertiary/aromatic N) is 4. The predicted molar refractivity (Wildman–Crippen MR) is 204 cm³/mol. The normalized spacial score (nSPS) is 11.4. The van der Waals surface area contributed by atoms with Crippen LogP contribution in [0.3, 0.4) is 0 Å². The Hall–Kier alpha value is -7.60. The number of hydrogen-bond donors (Lipinski definition) is 6. The Labute approximate surface area is 303 Å². The molecule has 0 radical (unpaired) electrons. The summed E-state index contributed by atoms with van der Waals surface area (Å²) in [4.78, 5) is 28.4. The van der Waals surface area contributed by atoms with E-state index in [0.717, 1.165) is 0 Å². The maximum atomic E-state index is 13.3. The quantitative estimate of drug-likeness (QED) is 0.0461. The fourth-order valence-corrected chi connectivity index (χ4v) is 5.27. The van der Waals surface area contributed by atoms with Crippen LogP contribution in [0.1, 0.15) is 27.0 Å². The van der Waals surface area contributed by atoms with Crippen LogP contribution in [-0.4, -0.2) is 62.4 Å². The average Bonchev–Trinajstić information content (AvgIpc) is 3.17. The van der Waals surface area contributed by atoms with Crippen LogP contribution >= 0.6 is 0 Å². The largest absolute Gasteiger partial charge is 0.504 e. The smallest absolute Gasteiger partial charge is 0.340 e. The molecule has 6 aromatic carbocycles. The maximum absolute atomic E-state index is 13.3. The third kappa shape index (κ3) is 7.92. The number of hydrogen-bond acceptors (Lipinski definition) is 12. The van der Waals surface area contributed by atoms with E-state index >= 15 is 0 Å². The number of para-hydroxylation sites is 3. The van der Waals surface area contributed by atoms with E-state index in [0.29, 0.717) is 45.3 Å². The first kappa shape index (κ1) is 35.2. The van der Waals surface area contributed by atoms with Crippen LogP contribution in [0.25, 0.3) is 0 Å². The number of esters is 1. The summed E-state index contributed by atoms with van der Waals surface area (Å²) in [6.45, 7) is 0. The highest BCUT2D eigenvalue weighted by Crippen LogP contribution is 2.40. The van der Waals surface area contributed by atoms with Gasteiger partial charge >= 0.3 is 5.97 Å². The Kier molecular flexibility index (Phi) is 10.3. The van der Waals surface area contributed by atoms with Crippen molar-refractivity contribution >= 4 is 58.7 Å². The Balaban J connectivity index is 1.39. The molecule has 0 spiro atoms. The van der Waals surface area contributed by atoms with E-state index in [1.54, 1.807) is 103 Å². The molecule has 12 nitrogen and oxygen atoms in total. The zero-order valence-corrected chi connectivity index (χ0v) is 28.1. The van der Waals surface area contributed by atoms with Gasteiger partial charge in [-0.05, 0) is 103 Å². The van der Waals surface area contributed by atoms with Crippen LogP contribution in [0.5, 0.6) is 34.5 Å². The lowest BCUT2D eigenvalue weighted by atomic mass is 10.1. The number of methoxy groups -OCH3 is 1. The molecule has 6 rings (SSSR count). The van der Waals surface area contributed by atoms with Gasteiger partial charge in [0.25, 0.3) is 0 Å². The third-order valence-corrected chi connectivity index (χ3v) is 8.04. The molecule has 0 bridgehead atoms. The van der Waals surface area contributed by atoms with Crippen molar-refractivity contribution < 1.29 is 40.2 Å². The molecular weight excluding hydrogens is 676 g/mol. The van der Waals surface area contributed by atoms with Gasteiger partial charge in [-0.25, -0.2) is 4.79 Å². The van der Waals surface area contributed by atoms with Crippen molar-refractivity contribution in [1.29, 1.82) is 0 Å². The van der Waals surface area contributed by atoms with E-state index in [1.807, 2.05) is 4.90 Å². The highest BCUT2D eigenvalue weighted by atomic mass is 16.5. The highest BCUT2D eigenvalue weighted by molar-refractivity contribution is 6.00. The van der Waals surface area contributed by atoms with E-state index in [9.17, 15) is 35.4 Å². The molecule has 0 heterocycles. The zero-order valence-electron chi connectivity index (χ0n) is 28.1. The van der Waals surface area contributed by atoms with Gasteiger partial charge in [-0.2, -0.15) is 0 Å². The Bertz CT molecular complexity index is 2270. The van der Waals surface area contributed by atoms with Crippen LogP contribution in [0.15, 0.2) is 136 Å². The first-order valence-electron chi connectivity index (χ1n) is 16.0. The van der Waals surface area contributed by atoms with Crippen molar-refractivity contribution in [3.05, 3.63) is 144 Å². The molecule has 0 aromatic heterocycles. The standard InChI is InChI=1S/C41H32N4O8/c1-53-41(52)33-21-30(44-24-27-7-4-10-37(48)40(27)51)15-20-34(33)45(31-16-11-28(12-17-31)42-22-25-5-2-8-35(46)38(25)49)32-18-13-29(14-19-32)43-23-26-6-3-9-36(47)39(26)50/h2-24,46-51H,1H3. The predicted octanol–water partition coefficient (Wildman–Crippen LogP) is 8.43. The minimum absolute atomic E-state index is 0.171. The molecule has 0 aliphatic rings. The molecule has 0 aliphatic carbocycles. The molecule has 0 unspecified atom stereocenters. The summed E-state index contributed by atoms with van der Waals surface area (Å²) in [5.41, 5.74) is 4.30. The first-order valence-corrected chi connectivity index (χ1v) is 16.0. The van der Waals surface area contributed by atoms with Gasteiger partial charge in [-0.3, -0.25) is 15.0 Å². The van der Waals surface area contributed by atoms with Crippen molar-refractivity contribution in [3.8, 4) is 34.5 Å². The van der Waals surface area contributed by atoms with Crippen LogP contribution in [-0.2, 0) is 4.74 Å². The lowest BCUT2D eigenvalue weighted by Crippen LogP contribution is -2.15. The zero-order chi connectivity index (χ0) is 37.5. The van der Waals surface area contributed by atoms with Crippen LogP contribution in [0, 0.1) is 0 Å². The molecule has 264 valence electrons. The average molecular weight is 709 g/mol. The molecular formula is C41H32N4O8. The fourth-order valence-electron chi connectivity index (χ4n) is 5.27. The lowest BCUT2D eigenvalue weighted by Gasteiger charge is -2.27.